The van der Waals surface area contributed by atoms with Crippen LogP contribution in [0, 0.1) is 12.7 Å². The van der Waals surface area contributed by atoms with Crippen molar-refractivity contribution in [2.24, 2.45) is 0 Å². The lowest BCUT2D eigenvalue weighted by molar-refractivity contribution is 0.0303. The van der Waals surface area contributed by atoms with Crippen molar-refractivity contribution in [1.82, 2.24) is 20.0 Å². The summed E-state index contributed by atoms with van der Waals surface area (Å²) >= 11 is 5.79. The highest BCUT2D eigenvalue weighted by Crippen LogP contribution is 2.29. The zero-order valence-electron chi connectivity index (χ0n) is 76.3. The number of amides is 2. The molecule has 2 N–H and O–H groups in total. The van der Waals surface area contributed by atoms with Crippen molar-refractivity contribution < 1.29 is 28.6 Å². The highest BCUT2D eigenvalue weighted by molar-refractivity contribution is 6.30. The van der Waals surface area contributed by atoms with Gasteiger partial charge in [0.05, 0.1) is 18.8 Å². The number of benzene rings is 9. The molecule has 3 aliphatic rings. The Kier molecular flexibility index (Phi) is 42.5. The van der Waals surface area contributed by atoms with Gasteiger partial charge in [0, 0.05) is 107 Å². The molecule has 13 heteroatoms. The Hall–Kier alpha value is -8.91. The van der Waals surface area contributed by atoms with E-state index in [2.05, 4.69) is 316 Å². The molecule has 3 aliphatic heterocycles. The molecule has 0 spiro atoms. The molecule has 0 saturated carbocycles. The van der Waals surface area contributed by atoms with E-state index < -0.39 is 5.97 Å². The topological polar surface area (TPSA) is 109 Å². The van der Waals surface area contributed by atoms with Gasteiger partial charge in [0.1, 0.15) is 5.82 Å². The standard InChI is InChI=1S/C16H24N2O.C15H21NO2.C14H22N2.C11H17N.C11H14O2.C10H14.C9H11Cl.C9H11F.C9H12/c1-16(2,3)14-7-5-13(6-8-14)15(19)18-11-9-17(4)10-12-18;1-15(2,3)13-6-4-12(5-7-13)14(17)16-8-10-18-11-9-16;1-14(2,3)12-4-6-13(7-5-12)16-10-8-15-9-11-16;1-9(2)10-5-7-11(8-6-10)12(3)4;1-11(2,3)9-6-4-8(5-7-9)10(12)13;1-8(2)10-7-5-4-6-9(10)3;1-7(2)8-4-3-5-9(10)6-8;1-7(2)8-3-5-9(10)6-4-8;1-8(2)9-6-4-3-5-7-9/h5-8H,9-12H2,1-4H3;4-7H,8-11H2,1-3H3;4-7,15H,8-11H2,1-3H3;5-9H,1-4H3;4-7H,1-3H3,(H,12,13);4-8H,1-3H3;2*3-7H,1-2H3;3-8H,1-2H3. The molecule has 0 radical (unpaired) electrons. The number of carbonyl (C=O) groups is 3. The molecule has 9 aromatic carbocycles. The first-order valence-corrected chi connectivity index (χ1v) is 42.6. The Morgan fingerprint density at radius 3 is 1.12 bits per heavy atom. The summed E-state index contributed by atoms with van der Waals surface area (Å²) < 4.78 is 17.6. The molecule has 0 atom stereocenters. The second kappa shape index (κ2) is 49.5. The number of aryl methyl sites for hydroxylation is 1. The fraction of sp³-hybridized carbons (Fsp3) is 0.452. The van der Waals surface area contributed by atoms with Gasteiger partial charge in [-0.3, -0.25) is 9.59 Å². The van der Waals surface area contributed by atoms with E-state index >= 15 is 0 Å². The molecular weight excluding hydrogens is 1470 g/mol. The Morgan fingerprint density at radius 2 is 0.778 bits per heavy atom. The van der Waals surface area contributed by atoms with Crippen molar-refractivity contribution in [1.29, 1.82) is 0 Å². The summed E-state index contributed by atoms with van der Waals surface area (Å²) in [5.74, 6) is 2.23. The lowest BCUT2D eigenvalue weighted by atomic mass is 9.86. The zero-order valence-corrected chi connectivity index (χ0v) is 77.1. The number of aromatic carboxylic acids is 1. The zero-order chi connectivity index (χ0) is 87.4. The van der Waals surface area contributed by atoms with Gasteiger partial charge in [-0.05, 0) is 206 Å². The number of nitrogens with one attached hydrogen (secondary N) is 1. The number of carboxylic acid groups (broad SMARTS) is 1. The van der Waals surface area contributed by atoms with Gasteiger partial charge in [0.2, 0.25) is 0 Å². The third-order valence-electron chi connectivity index (χ3n) is 20.7. The Labute approximate surface area is 712 Å². The van der Waals surface area contributed by atoms with Crippen LogP contribution in [0.5, 0.6) is 0 Å². The van der Waals surface area contributed by atoms with E-state index in [1.165, 1.54) is 73.6 Å². The van der Waals surface area contributed by atoms with Gasteiger partial charge < -0.3 is 39.7 Å². The number of likely N-dealkylation sites (N-methyl/N-ethyl adjacent to an activating group) is 1. The molecular formula is C104H146ClFN6O5. The second-order valence-corrected chi connectivity index (χ2v) is 36.9. The van der Waals surface area contributed by atoms with E-state index in [0.29, 0.717) is 61.5 Å². The molecule has 0 aliphatic carbocycles. The van der Waals surface area contributed by atoms with Crippen LogP contribution in [0.2, 0.25) is 5.02 Å². The smallest absolute Gasteiger partial charge is 0.335 e. The fourth-order valence-electron chi connectivity index (χ4n) is 12.5. The molecule has 12 rings (SSSR count). The van der Waals surface area contributed by atoms with Gasteiger partial charge in [-0.15, -0.1) is 0 Å². The van der Waals surface area contributed by atoms with Crippen molar-refractivity contribution in [3.05, 3.63) is 308 Å². The summed E-state index contributed by atoms with van der Waals surface area (Å²) in [5.41, 5.74) is 18.4. The average Bonchev–Trinajstić information content (AvgIpc) is 0.828. The van der Waals surface area contributed by atoms with Gasteiger partial charge in [-0.1, -0.05) is 303 Å². The van der Waals surface area contributed by atoms with E-state index in [1.807, 2.05) is 94.7 Å². The van der Waals surface area contributed by atoms with Crippen LogP contribution in [0.3, 0.4) is 0 Å². The summed E-state index contributed by atoms with van der Waals surface area (Å²) in [5, 5.41) is 12.9. The van der Waals surface area contributed by atoms with Crippen LogP contribution in [0.15, 0.2) is 224 Å². The van der Waals surface area contributed by atoms with Crippen LogP contribution in [0.25, 0.3) is 0 Å². The van der Waals surface area contributed by atoms with Crippen LogP contribution < -0.4 is 15.1 Å². The van der Waals surface area contributed by atoms with Crippen molar-refractivity contribution >= 4 is 40.8 Å². The summed E-state index contributed by atoms with van der Waals surface area (Å²) in [6.07, 6.45) is 0. The quantitative estimate of drug-likeness (QED) is 0.138. The van der Waals surface area contributed by atoms with E-state index in [0.717, 1.165) is 74.1 Å². The molecule has 3 heterocycles. The summed E-state index contributed by atoms with van der Waals surface area (Å²) in [7, 11) is 6.22. The van der Waals surface area contributed by atoms with Crippen molar-refractivity contribution in [2.75, 3.05) is 110 Å². The van der Waals surface area contributed by atoms with Crippen LogP contribution >= 0.6 is 11.6 Å². The highest BCUT2D eigenvalue weighted by atomic mass is 35.5. The van der Waals surface area contributed by atoms with E-state index in [9.17, 15) is 18.8 Å². The summed E-state index contributed by atoms with van der Waals surface area (Å²) in [6.45, 7) is 60.8. The fourth-order valence-corrected chi connectivity index (χ4v) is 12.7. The number of nitrogens with zero attached hydrogens (tertiary/aromatic N) is 5. The molecule has 11 nitrogen and oxygen atoms in total. The number of halogens is 2. The third-order valence-corrected chi connectivity index (χ3v) is 20.9. The Bertz CT molecular complexity index is 4240. The predicted octanol–water partition coefficient (Wildman–Crippen LogP) is 25.1. The van der Waals surface area contributed by atoms with Gasteiger partial charge >= 0.3 is 5.97 Å². The van der Waals surface area contributed by atoms with Gasteiger partial charge in [0.15, 0.2) is 0 Å². The number of hydrogen-bond acceptors (Lipinski definition) is 8. The average molecular weight is 1610 g/mol. The highest BCUT2D eigenvalue weighted by Gasteiger charge is 2.24. The number of hydrogen-bond donors (Lipinski definition) is 2. The first-order chi connectivity index (χ1) is 54.9. The van der Waals surface area contributed by atoms with Crippen molar-refractivity contribution in [3.63, 3.8) is 0 Å². The molecule has 0 bridgehead atoms. The Balaban J connectivity index is 0.000000280. The molecule has 117 heavy (non-hydrogen) atoms. The van der Waals surface area contributed by atoms with Gasteiger partial charge in [-0.25, -0.2) is 9.18 Å². The monoisotopic (exact) mass is 1610 g/mol. The number of morpholine rings is 1. The first kappa shape index (κ1) is 100. The molecule has 3 fully saturated rings. The summed E-state index contributed by atoms with van der Waals surface area (Å²) in [6, 6.07) is 74.5. The van der Waals surface area contributed by atoms with Crippen LogP contribution in [0.1, 0.15) is 269 Å². The van der Waals surface area contributed by atoms with E-state index in [4.69, 9.17) is 21.4 Å². The first-order valence-electron chi connectivity index (χ1n) is 42.2. The number of carboxylic acids is 1. The van der Waals surface area contributed by atoms with Crippen LogP contribution in [0.4, 0.5) is 15.8 Å². The molecule has 0 aromatic heterocycles. The SMILES string of the molecule is CC(C)(C)c1ccc(C(=O)N2CCOCC2)cc1.CC(C)(C)c1ccc(C(=O)O)cc1.CC(C)(C)c1ccc(N2CCNCC2)cc1.CC(C)c1ccc(F)cc1.CC(C)c1ccc(N(C)C)cc1.CC(C)c1cccc(Cl)c1.CC(C)c1ccccc1.CN1CCN(C(=O)c2ccc(C(C)(C)C)cc2)CC1.Cc1ccccc1C(C)C. The number of piperazine rings is 2. The molecule has 0 unspecified atom stereocenters. The molecule has 9 aromatic rings. The third kappa shape index (κ3) is 37.3. The molecule has 3 saturated heterocycles. The number of rotatable bonds is 10. The van der Waals surface area contributed by atoms with Crippen molar-refractivity contribution in [3.8, 4) is 0 Å². The van der Waals surface area contributed by atoms with Crippen molar-refractivity contribution in [2.45, 2.75) is 210 Å². The second-order valence-electron chi connectivity index (χ2n) is 36.5. The van der Waals surface area contributed by atoms with Gasteiger partial charge in [0.25, 0.3) is 11.8 Å². The number of anilines is 2. The van der Waals surface area contributed by atoms with Gasteiger partial charge in [-0.2, -0.15) is 0 Å². The maximum Gasteiger partial charge on any atom is 0.335 e. The van der Waals surface area contributed by atoms with Crippen LogP contribution in [-0.2, 0) is 26.4 Å². The molecule has 636 valence electrons. The minimum atomic E-state index is -0.875. The lowest BCUT2D eigenvalue weighted by Crippen LogP contribution is -2.47. The number of ether oxygens (including phenoxy) is 1. The van der Waals surface area contributed by atoms with E-state index in [1.54, 1.807) is 12.1 Å². The lowest BCUT2D eigenvalue weighted by Gasteiger charge is -2.32. The number of carbonyl (C=O) groups excluding carboxylic acids is 2. The summed E-state index contributed by atoms with van der Waals surface area (Å²) in [4.78, 5) is 45.8. The van der Waals surface area contributed by atoms with E-state index in [-0.39, 0.29) is 39.3 Å². The normalized spacial score (nSPS) is 13.6. The predicted molar refractivity (Wildman–Crippen MR) is 499 cm³/mol. The minimum absolute atomic E-state index is 0.0804. The maximum atomic E-state index is 12.4. The minimum Gasteiger partial charge on any atom is -0.478 e. The largest absolute Gasteiger partial charge is 0.478 e. The maximum absolute atomic E-state index is 12.4. The van der Waals surface area contributed by atoms with Crippen LogP contribution in [-0.4, -0.2) is 137 Å². The molecule has 2 amide bonds. The Morgan fingerprint density at radius 1 is 0.419 bits per heavy atom.